The summed E-state index contributed by atoms with van der Waals surface area (Å²) < 4.78 is 5.06. The molecular weight excluding hydrogens is 360 g/mol. The van der Waals surface area contributed by atoms with Crippen molar-refractivity contribution in [3.63, 3.8) is 0 Å². The Morgan fingerprint density at radius 2 is 2.04 bits per heavy atom. The Morgan fingerprint density at radius 1 is 1.29 bits per heavy atom. The lowest BCUT2D eigenvalue weighted by molar-refractivity contribution is -0.143. The van der Waals surface area contributed by atoms with Gasteiger partial charge in [0.05, 0.1) is 24.7 Å². The minimum absolute atomic E-state index is 0.0928. The lowest BCUT2D eigenvalue weighted by atomic mass is 10.2. The fourth-order valence-corrected chi connectivity index (χ4v) is 2.88. The van der Waals surface area contributed by atoms with Crippen LogP contribution in [0.4, 0.5) is 10.5 Å². The van der Waals surface area contributed by atoms with E-state index in [-0.39, 0.29) is 24.8 Å². The smallest absolute Gasteiger partial charge is 0.315 e. The van der Waals surface area contributed by atoms with Gasteiger partial charge >= 0.3 is 12.0 Å². The van der Waals surface area contributed by atoms with Crippen molar-refractivity contribution in [3.05, 3.63) is 29.8 Å². The van der Waals surface area contributed by atoms with E-state index in [1.807, 2.05) is 6.07 Å². The van der Waals surface area contributed by atoms with E-state index in [1.54, 1.807) is 29.2 Å². The largest absolute Gasteiger partial charge is 0.466 e. The van der Waals surface area contributed by atoms with Crippen LogP contribution in [0.2, 0.25) is 0 Å². The zero-order valence-electron chi connectivity index (χ0n) is 16.1. The van der Waals surface area contributed by atoms with Gasteiger partial charge in [0.2, 0.25) is 5.91 Å². The highest BCUT2D eigenvalue weighted by Gasteiger charge is 2.33. The Hall–Kier alpha value is -3.08. The van der Waals surface area contributed by atoms with Crippen LogP contribution in [0.5, 0.6) is 0 Å². The number of nitrogens with one attached hydrogen (secondary N) is 2. The summed E-state index contributed by atoms with van der Waals surface area (Å²) in [4.78, 5) is 37.6. The topological polar surface area (TPSA) is 112 Å². The Labute approximate surface area is 164 Å². The maximum absolute atomic E-state index is 12.5. The molecular formula is C20H26N4O4. The van der Waals surface area contributed by atoms with Gasteiger partial charge in [-0.25, -0.2) is 4.79 Å². The van der Waals surface area contributed by atoms with E-state index in [4.69, 9.17) is 10.00 Å². The molecule has 1 fully saturated rings. The highest BCUT2D eigenvalue weighted by molar-refractivity contribution is 6.01. The van der Waals surface area contributed by atoms with Gasteiger partial charge in [-0.15, -0.1) is 0 Å². The summed E-state index contributed by atoms with van der Waals surface area (Å²) in [6.45, 7) is 3.11. The molecule has 0 aliphatic carbocycles. The zero-order valence-corrected chi connectivity index (χ0v) is 16.1. The van der Waals surface area contributed by atoms with Gasteiger partial charge in [0.15, 0.2) is 0 Å². The summed E-state index contributed by atoms with van der Waals surface area (Å²) in [6.07, 6.45) is 3.50. The van der Waals surface area contributed by atoms with Crippen molar-refractivity contribution in [1.29, 1.82) is 5.26 Å². The van der Waals surface area contributed by atoms with E-state index in [0.717, 1.165) is 19.3 Å². The summed E-state index contributed by atoms with van der Waals surface area (Å²) in [5.41, 5.74) is 1.22. The normalized spacial score (nSPS) is 15.8. The molecule has 0 saturated carbocycles. The Morgan fingerprint density at radius 3 is 2.71 bits per heavy atom. The first-order chi connectivity index (χ1) is 13.5. The Balaban J connectivity index is 1.70. The number of ether oxygens (including phenoxy) is 1. The van der Waals surface area contributed by atoms with Crippen LogP contribution in [0.25, 0.3) is 0 Å². The molecule has 1 aromatic rings. The van der Waals surface area contributed by atoms with Gasteiger partial charge in [-0.05, 0) is 37.1 Å². The standard InChI is InChI=1S/C20H26N4O4/c1-2-3-4-13-28-18(25)9-11-22-20(27)23-17-10-12-24(19(17)26)16-7-5-15(14-21)6-8-16/h5-8,17H,2-4,9-13H2,1H3,(H2,22,23,27)/t17-/m0/s1. The van der Waals surface area contributed by atoms with Crippen molar-refractivity contribution in [2.45, 2.75) is 45.1 Å². The fourth-order valence-electron chi connectivity index (χ4n) is 2.88. The van der Waals surface area contributed by atoms with Crippen LogP contribution in [0.3, 0.4) is 0 Å². The highest BCUT2D eigenvalue weighted by atomic mass is 16.5. The summed E-state index contributed by atoms with van der Waals surface area (Å²) >= 11 is 0. The van der Waals surface area contributed by atoms with Gasteiger partial charge in [0.25, 0.3) is 0 Å². The third kappa shape index (κ3) is 6.27. The average molecular weight is 386 g/mol. The van der Waals surface area contributed by atoms with Gasteiger partial charge in [-0.2, -0.15) is 5.26 Å². The van der Waals surface area contributed by atoms with Gasteiger partial charge in [-0.3, -0.25) is 9.59 Å². The van der Waals surface area contributed by atoms with Gasteiger partial charge in [-0.1, -0.05) is 19.8 Å². The fraction of sp³-hybridized carbons (Fsp3) is 0.500. The molecule has 1 aromatic carbocycles. The molecule has 1 saturated heterocycles. The number of amides is 3. The first-order valence-electron chi connectivity index (χ1n) is 9.56. The third-order valence-electron chi connectivity index (χ3n) is 4.44. The van der Waals surface area contributed by atoms with Crippen molar-refractivity contribution in [3.8, 4) is 6.07 Å². The number of urea groups is 1. The Bertz CT molecular complexity index is 727. The van der Waals surface area contributed by atoms with Crippen LogP contribution < -0.4 is 15.5 Å². The number of unbranched alkanes of at least 4 members (excludes halogenated alkanes) is 2. The molecule has 0 aromatic heterocycles. The van der Waals surface area contributed by atoms with Crippen LogP contribution in [-0.4, -0.2) is 43.6 Å². The number of hydrogen-bond acceptors (Lipinski definition) is 5. The molecule has 1 heterocycles. The molecule has 0 spiro atoms. The molecule has 3 amide bonds. The minimum atomic E-state index is -0.614. The van der Waals surface area contributed by atoms with Crippen LogP contribution >= 0.6 is 0 Å². The van der Waals surface area contributed by atoms with E-state index in [2.05, 4.69) is 17.6 Å². The zero-order chi connectivity index (χ0) is 20.4. The van der Waals surface area contributed by atoms with Crippen LogP contribution in [0.15, 0.2) is 24.3 Å². The lowest BCUT2D eigenvalue weighted by Crippen LogP contribution is -2.46. The van der Waals surface area contributed by atoms with E-state index in [9.17, 15) is 14.4 Å². The maximum Gasteiger partial charge on any atom is 0.315 e. The van der Waals surface area contributed by atoms with Crippen LogP contribution in [0.1, 0.15) is 44.6 Å². The number of carbonyl (C=O) groups excluding carboxylic acids is 3. The molecule has 1 atom stereocenters. The monoisotopic (exact) mass is 386 g/mol. The van der Waals surface area contributed by atoms with Crippen molar-refractivity contribution in [2.24, 2.45) is 0 Å². The quantitative estimate of drug-likeness (QED) is 0.499. The van der Waals surface area contributed by atoms with Gasteiger partial charge < -0.3 is 20.3 Å². The van der Waals surface area contributed by atoms with E-state index in [0.29, 0.717) is 30.8 Å². The van der Waals surface area contributed by atoms with E-state index < -0.39 is 12.1 Å². The second-order valence-electron chi connectivity index (χ2n) is 6.57. The first kappa shape index (κ1) is 21.2. The summed E-state index contributed by atoms with van der Waals surface area (Å²) in [7, 11) is 0. The first-order valence-corrected chi connectivity index (χ1v) is 9.56. The number of anilines is 1. The van der Waals surface area contributed by atoms with Crippen molar-refractivity contribution >= 4 is 23.6 Å². The molecule has 8 heteroatoms. The van der Waals surface area contributed by atoms with E-state index in [1.165, 1.54) is 0 Å². The number of hydrogen-bond donors (Lipinski definition) is 2. The van der Waals surface area contributed by atoms with Crippen LogP contribution in [-0.2, 0) is 14.3 Å². The van der Waals surface area contributed by atoms with Crippen LogP contribution in [0, 0.1) is 11.3 Å². The van der Waals surface area contributed by atoms with Crippen molar-refractivity contribution in [1.82, 2.24) is 10.6 Å². The molecule has 1 aliphatic heterocycles. The number of carbonyl (C=O) groups is 3. The summed E-state index contributed by atoms with van der Waals surface area (Å²) in [5, 5.41) is 14.1. The molecule has 1 aliphatic rings. The summed E-state index contributed by atoms with van der Waals surface area (Å²) in [5.74, 6) is -0.546. The predicted molar refractivity (Wildman–Crippen MR) is 104 cm³/mol. The third-order valence-corrected chi connectivity index (χ3v) is 4.44. The Kier molecular flexibility index (Phi) is 8.28. The number of nitriles is 1. The predicted octanol–water partition coefficient (Wildman–Crippen LogP) is 2.09. The SMILES string of the molecule is CCCCCOC(=O)CCNC(=O)N[C@H]1CCN(c2ccc(C#N)cc2)C1=O. The van der Waals surface area contributed by atoms with Gasteiger partial charge in [0, 0.05) is 18.8 Å². The number of esters is 1. The number of nitrogens with zero attached hydrogens (tertiary/aromatic N) is 2. The molecule has 0 radical (unpaired) electrons. The van der Waals surface area contributed by atoms with Crippen molar-refractivity contribution in [2.75, 3.05) is 24.6 Å². The van der Waals surface area contributed by atoms with Gasteiger partial charge in [0.1, 0.15) is 6.04 Å². The number of rotatable bonds is 9. The lowest BCUT2D eigenvalue weighted by Gasteiger charge is -2.17. The molecule has 2 N–H and O–H groups in total. The molecule has 28 heavy (non-hydrogen) atoms. The second kappa shape index (κ2) is 10.9. The molecule has 0 unspecified atom stereocenters. The number of benzene rings is 1. The molecule has 0 bridgehead atoms. The van der Waals surface area contributed by atoms with E-state index >= 15 is 0 Å². The molecule has 8 nitrogen and oxygen atoms in total. The minimum Gasteiger partial charge on any atom is -0.466 e. The molecule has 2 rings (SSSR count). The maximum atomic E-state index is 12.5. The highest BCUT2D eigenvalue weighted by Crippen LogP contribution is 2.21. The second-order valence-corrected chi connectivity index (χ2v) is 6.57. The van der Waals surface area contributed by atoms with Crippen molar-refractivity contribution < 1.29 is 19.1 Å². The molecule has 150 valence electrons. The summed E-state index contributed by atoms with van der Waals surface area (Å²) in [6, 6.07) is 7.66. The average Bonchev–Trinajstić information content (AvgIpc) is 3.05.